The second kappa shape index (κ2) is 10.7. The number of piperazine rings is 1. The van der Waals surface area contributed by atoms with Crippen LogP contribution in [0.2, 0.25) is 10.0 Å². The third-order valence-electron chi connectivity index (χ3n) is 5.93. The highest BCUT2D eigenvalue weighted by Gasteiger charge is 2.21. The number of benzene rings is 2. The number of rotatable bonds is 5. The van der Waals surface area contributed by atoms with Gasteiger partial charge in [0.15, 0.2) is 11.6 Å². The largest absolute Gasteiger partial charge is 0.482 e. The molecule has 10 heteroatoms. The minimum absolute atomic E-state index is 0.0955. The molecular formula is C25H26Cl2FN5O2. The first-order chi connectivity index (χ1) is 16.7. The van der Waals surface area contributed by atoms with E-state index in [2.05, 4.69) is 15.2 Å². The van der Waals surface area contributed by atoms with Gasteiger partial charge in [0.05, 0.1) is 5.02 Å². The number of ether oxygens (including phenoxy) is 1. The molecule has 0 saturated carbocycles. The number of urea groups is 1. The highest BCUT2D eigenvalue weighted by Crippen LogP contribution is 2.37. The van der Waals surface area contributed by atoms with Crippen LogP contribution in [0.5, 0.6) is 5.75 Å². The molecule has 3 N–H and O–H groups in total. The number of amides is 2. The number of carbonyl (C=O) groups is 1. The first-order valence-electron chi connectivity index (χ1n) is 11.1. The van der Waals surface area contributed by atoms with Crippen LogP contribution in [0, 0.1) is 5.82 Å². The van der Waals surface area contributed by atoms with Crippen LogP contribution in [0.4, 0.5) is 20.7 Å². The van der Waals surface area contributed by atoms with Crippen LogP contribution in [0.3, 0.4) is 0 Å². The van der Waals surface area contributed by atoms with E-state index in [1.165, 1.54) is 12.1 Å². The normalized spacial score (nSPS) is 15.1. The molecule has 0 radical (unpaired) electrons. The molecule has 4 rings (SSSR count). The molecule has 2 aromatic carbocycles. The maximum Gasteiger partial charge on any atom is 0.321 e. The van der Waals surface area contributed by atoms with E-state index in [0.717, 1.165) is 24.2 Å². The van der Waals surface area contributed by atoms with Crippen molar-refractivity contribution in [1.82, 2.24) is 14.8 Å². The number of pyridine rings is 1. The number of carbonyl (C=O) groups excluding carboxylic acids is 1. The second-order valence-corrected chi connectivity index (χ2v) is 9.21. The molecule has 2 heterocycles. The summed E-state index contributed by atoms with van der Waals surface area (Å²) in [5.74, 6) is -0.0830. The Hall–Kier alpha value is -3.07. The standard InChI is InChI=1S/C25H26Cl2FN5O2/c1-15(22-19(26)7-8-20(28)23(22)27)35-21-13-17(14-30-24(21)29)16-3-5-18(6-4-16)31-25(34)33-11-9-32(2)10-12-33/h3-8,13-15H,9-12H2,1-2H3,(H2,29,30)(H,31,34). The zero-order valence-electron chi connectivity index (χ0n) is 19.4. The van der Waals surface area contributed by atoms with Crippen LogP contribution >= 0.6 is 23.2 Å². The number of nitrogen functional groups attached to an aromatic ring is 1. The molecular weight excluding hydrogens is 492 g/mol. The number of aromatic nitrogens is 1. The van der Waals surface area contributed by atoms with Crippen molar-refractivity contribution in [3.8, 4) is 16.9 Å². The number of halogens is 3. The molecule has 0 bridgehead atoms. The zero-order valence-corrected chi connectivity index (χ0v) is 20.9. The predicted octanol–water partition coefficient (Wildman–Crippen LogP) is 5.70. The van der Waals surface area contributed by atoms with E-state index in [4.69, 9.17) is 33.7 Å². The van der Waals surface area contributed by atoms with E-state index >= 15 is 0 Å². The molecule has 0 spiro atoms. The molecule has 1 fully saturated rings. The molecule has 1 saturated heterocycles. The number of hydrogen-bond donors (Lipinski definition) is 2. The number of likely N-dealkylation sites (N-methyl/N-ethyl adjacent to an activating group) is 1. The first-order valence-corrected chi connectivity index (χ1v) is 11.9. The van der Waals surface area contributed by atoms with E-state index < -0.39 is 11.9 Å². The molecule has 1 aliphatic rings. The summed E-state index contributed by atoms with van der Waals surface area (Å²) in [5.41, 5.74) is 8.67. The number of nitrogens with one attached hydrogen (secondary N) is 1. The van der Waals surface area contributed by atoms with Crippen molar-refractivity contribution in [3.63, 3.8) is 0 Å². The molecule has 7 nitrogen and oxygen atoms in total. The Kier molecular flexibility index (Phi) is 7.64. The Bertz CT molecular complexity index is 1220. The monoisotopic (exact) mass is 517 g/mol. The lowest BCUT2D eigenvalue weighted by atomic mass is 10.1. The van der Waals surface area contributed by atoms with Crippen LogP contribution < -0.4 is 15.8 Å². The van der Waals surface area contributed by atoms with Gasteiger partial charge in [-0.1, -0.05) is 35.3 Å². The average Bonchev–Trinajstić information content (AvgIpc) is 2.84. The Morgan fingerprint density at radius 2 is 1.80 bits per heavy atom. The van der Waals surface area contributed by atoms with Gasteiger partial charge in [0.1, 0.15) is 11.9 Å². The number of hydrogen-bond acceptors (Lipinski definition) is 5. The van der Waals surface area contributed by atoms with Crippen molar-refractivity contribution in [2.45, 2.75) is 13.0 Å². The van der Waals surface area contributed by atoms with Gasteiger partial charge in [-0.3, -0.25) is 0 Å². The minimum atomic E-state index is -0.669. The van der Waals surface area contributed by atoms with Gasteiger partial charge >= 0.3 is 6.03 Å². The second-order valence-electron chi connectivity index (χ2n) is 8.42. The van der Waals surface area contributed by atoms with Crippen LogP contribution in [0.1, 0.15) is 18.6 Å². The molecule has 2 amide bonds. The Labute approximate surface area is 213 Å². The summed E-state index contributed by atoms with van der Waals surface area (Å²) in [6.45, 7) is 4.82. The van der Waals surface area contributed by atoms with Gasteiger partial charge in [0, 0.05) is 54.2 Å². The molecule has 3 aromatic rings. The smallest absolute Gasteiger partial charge is 0.321 e. The van der Waals surface area contributed by atoms with Gasteiger partial charge < -0.3 is 25.6 Å². The third kappa shape index (κ3) is 5.78. The van der Waals surface area contributed by atoms with Crippen LogP contribution in [-0.2, 0) is 0 Å². The van der Waals surface area contributed by atoms with Gasteiger partial charge in [0.2, 0.25) is 0 Å². The van der Waals surface area contributed by atoms with Crippen LogP contribution in [0.25, 0.3) is 11.1 Å². The number of nitrogens with two attached hydrogens (primary N) is 1. The fourth-order valence-electron chi connectivity index (χ4n) is 3.83. The molecule has 1 aliphatic heterocycles. The molecule has 1 unspecified atom stereocenters. The molecule has 35 heavy (non-hydrogen) atoms. The van der Waals surface area contributed by atoms with Crippen molar-refractivity contribution in [2.24, 2.45) is 0 Å². The summed E-state index contributed by atoms with van der Waals surface area (Å²) in [6, 6.07) is 11.7. The quantitative estimate of drug-likeness (QED) is 0.424. The Balaban J connectivity index is 1.47. The fraction of sp³-hybridized carbons (Fsp3) is 0.280. The summed E-state index contributed by atoms with van der Waals surface area (Å²) in [5, 5.41) is 3.13. The summed E-state index contributed by atoms with van der Waals surface area (Å²) >= 11 is 12.3. The molecule has 184 valence electrons. The van der Waals surface area contributed by atoms with Gasteiger partial charge in [-0.2, -0.15) is 0 Å². The zero-order chi connectivity index (χ0) is 25.1. The fourth-order valence-corrected chi connectivity index (χ4v) is 4.51. The van der Waals surface area contributed by atoms with Crippen molar-refractivity contribution in [2.75, 3.05) is 44.3 Å². The third-order valence-corrected chi connectivity index (χ3v) is 6.65. The maximum absolute atomic E-state index is 13.9. The van der Waals surface area contributed by atoms with Gasteiger partial charge in [0.25, 0.3) is 0 Å². The van der Waals surface area contributed by atoms with Crippen LogP contribution in [0.15, 0.2) is 48.7 Å². The topological polar surface area (TPSA) is 83.7 Å². The lowest BCUT2D eigenvalue weighted by Gasteiger charge is -2.32. The van der Waals surface area contributed by atoms with E-state index in [1.807, 2.05) is 31.3 Å². The van der Waals surface area contributed by atoms with Crippen molar-refractivity contribution in [3.05, 3.63) is 70.1 Å². The van der Waals surface area contributed by atoms with E-state index in [1.54, 1.807) is 24.1 Å². The maximum atomic E-state index is 13.9. The SMILES string of the molecule is CC(Oc1cc(-c2ccc(NC(=O)N3CCN(C)CC3)cc2)cnc1N)c1c(Cl)ccc(F)c1Cl. The van der Waals surface area contributed by atoms with E-state index in [0.29, 0.717) is 35.1 Å². The Morgan fingerprint density at radius 1 is 1.11 bits per heavy atom. The summed E-state index contributed by atoms with van der Waals surface area (Å²) in [6.07, 6.45) is 0.963. The van der Waals surface area contributed by atoms with E-state index in [9.17, 15) is 9.18 Å². The average molecular weight is 518 g/mol. The number of anilines is 2. The van der Waals surface area contributed by atoms with Crippen LogP contribution in [-0.4, -0.2) is 54.0 Å². The molecule has 1 aromatic heterocycles. The summed E-state index contributed by atoms with van der Waals surface area (Å²) in [7, 11) is 2.04. The summed E-state index contributed by atoms with van der Waals surface area (Å²) < 4.78 is 19.9. The highest BCUT2D eigenvalue weighted by molar-refractivity contribution is 6.36. The minimum Gasteiger partial charge on any atom is -0.482 e. The predicted molar refractivity (Wildman–Crippen MR) is 138 cm³/mol. The van der Waals surface area contributed by atoms with Gasteiger partial charge in [-0.25, -0.2) is 14.2 Å². The number of nitrogens with zero attached hydrogens (tertiary/aromatic N) is 3. The van der Waals surface area contributed by atoms with Gasteiger partial charge in [-0.15, -0.1) is 0 Å². The first kappa shape index (κ1) is 25.0. The highest BCUT2D eigenvalue weighted by atomic mass is 35.5. The summed E-state index contributed by atoms with van der Waals surface area (Å²) in [4.78, 5) is 20.7. The lowest BCUT2D eigenvalue weighted by Crippen LogP contribution is -2.48. The Morgan fingerprint density at radius 3 is 2.49 bits per heavy atom. The lowest BCUT2D eigenvalue weighted by molar-refractivity contribution is 0.164. The molecule has 0 aliphatic carbocycles. The van der Waals surface area contributed by atoms with Crippen molar-refractivity contribution >= 4 is 40.7 Å². The van der Waals surface area contributed by atoms with E-state index in [-0.39, 0.29) is 16.9 Å². The molecule has 1 atom stereocenters. The van der Waals surface area contributed by atoms with Crippen molar-refractivity contribution in [1.29, 1.82) is 0 Å². The van der Waals surface area contributed by atoms with Crippen molar-refractivity contribution < 1.29 is 13.9 Å². The van der Waals surface area contributed by atoms with Gasteiger partial charge in [-0.05, 0) is 49.9 Å².